The van der Waals surface area contributed by atoms with Gasteiger partial charge in [-0.15, -0.1) is 0 Å². The molecule has 288 valence electrons. The van der Waals surface area contributed by atoms with Crippen LogP contribution in [0.2, 0.25) is 0 Å². The Labute approximate surface area is 297 Å². The van der Waals surface area contributed by atoms with E-state index in [0.717, 1.165) is 24.3 Å². The third-order valence-corrected chi connectivity index (χ3v) is 9.00. The Bertz CT molecular complexity index is 1570. The predicted molar refractivity (Wildman–Crippen MR) is 182 cm³/mol. The molecule has 52 heavy (non-hydrogen) atoms. The van der Waals surface area contributed by atoms with E-state index in [-0.39, 0.29) is 13.8 Å². The van der Waals surface area contributed by atoms with Crippen molar-refractivity contribution in [3.63, 3.8) is 0 Å². The van der Waals surface area contributed by atoms with E-state index in [4.69, 9.17) is 0 Å². The normalized spacial score (nSPS) is 12.4. The van der Waals surface area contributed by atoms with Crippen molar-refractivity contribution in [2.75, 3.05) is 0 Å². The van der Waals surface area contributed by atoms with Crippen LogP contribution >= 0.6 is 0 Å². The molecular formula is C40H44F12. The second-order valence-electron chi connectivity index (χ2n) is 13.1. The smallest absolute Gasteiger partial charge is 0.170 e. The maximum Gasteiger partial charge on any atom is 0.411 e. The molecule has 0 aromatic heterocycles. The van der Waals surface area contributed by atoms with Crippen molar-refractivity contribution < 1.29 is 52.7 Å². The first-order valence-corrected chi connectivity index (χ1v) is 15.9. The number of halogens is 12. The van der Waals surface area contributed by atoms with Crippen LogP contribution in [0.5, 0.6) is 0 Å². The van der Waals surface area contributed by atoms with E-state index < -0.39 is 46.7 Å². The van der Waals surface area contributed by atoms with Crippen LogP contribution in [0.15, 0.2) is 84.9 Å². The Hall–Kier alpha value is -3.96. The summed E-state index contributed by atoms with van der Waals surface area (Å²) in [6.07, 6.45) is -21.6. The van der Waals surface area contributed by atoms with Gasteiger partial charge in [0.05, 0.1) is 0 Å². The summed E-state index contributed by atoms with van der Waals surface area (Å²) in [7, 11) is 0. The third-order valence-electron chi connectivity index (χ3n) is 9.00. The zero-order valence-electron chi connectivity index (χ0n) is 30.6. The van der Waals surface area contributed by atoms with Crippen LogP contribution in [0, 0.1) is 60.8 Å². The average molecular weight is 753 g/mol. The number of alkyl halides is 12. The van der Waals surface area contributed by atoms with E-state index in [1.807, 2.05) is 0 Å². The molecule has 0 saturated carbocycles. The van der Waals surface area contributed by atoms with E-state index >= 15 is 0 Å². The van der Waals surface area contributed by atoms with Gasteiger partial charge in [-0.25, -0.2) is 0 Å². The Morgan fingerprint density at radius 2 is 0.538 bits per heavy atom. The van der Waals surface area contributed by atoms with Gasteiger partial charge in [0.15, 0.2) is 5.41 Å². The van der Waals surface area contributed by atoms with Crippen molar-refractivity contribution in [2.45, 2.75) is 99.4 Å². The van der Waals surface area contributed by atoms with Gasteiger partial charge in [-0.3, -0.25) is 0 Å². The number of hydrogen-bond acceptors (Lipinski definition) is 0. The highest BCUT2D eigenvalue weighted by atomic mass is 19.4. The van der Waals surface area contributed by atoms with Crippen molar-refractivity contribution in [1.29, 1.82) is 0 Å². The molecule has 12 heteroatoms. The van der Waals surface area contributed by atoms with E-state index in [0.29, 0.717) is 22.3 Å². The van der Waals surface area contributed by atoms with E-state index in [1.165, 1.54) is 48.2 Å². The molecule has 0 radical (unpaired) electrons. The summed E-state index contributed by atoms with van der Waals surface area (Å²) in [6.45, 7) is 15.0. The Morgan fingerprint density at radius 3 is 0.692 bits per heavy atom. The number of rotatable bonds is 2. The molecule has 0 aliphatic carbocycles. The molecule has 0 amide bonds. The minimum atomic E-state index is -5.55. The van der Waals surface area contributed by atoms with Crippen molar-refractivity contribution >= 4 is 0 Å². The molecular weight excluding hydrogens is 708 g/mol. The van der Waals surface area contributed by atoms with Gasteiger partial charge in [0.25, 0.3) is 0 Å². The zero-order valence-corrected chi connectivity index (χ0v) is 30.6. The topological polar surface area (TPSA) is 0 Å². The average Bonchev–Trinajstić information content (AvgIpc) is 2.98. The standard InChI is InChI=1S/C19H18F6.2C8H10.C5H6F6/c1-11-5-7-15(9-13(11)3)17(18(20,21)22,19(23,24)25)16-8-6-12(2)14(4)10-16;2*1-7-5-3-4-6-8(7)2;1-3(2,4(6,7)8)5(9,10)11/h5-10H,1-4H3;2*3-6H,1-2H3;1-2H3. The fourth-order valence-corrected chi connectivity index (χ4v) is 4.42. The molecule has 4 rings (SSSR count). The van der Waals surface area contributed by atoms with Crippen molar-refractivity contribution in [3.8, 4) is 0 Å². The molecule has 4 aromatic carbocycles. The fourth-order valence-electron chi connectivity index (χ4n) is 4.42. The van der Waals surface area contributed by atoms with Crippen LogP contribution in [-0.2, 0) is 5.41 Å². The van der Waals surface area contributed by atoms with E-state index in [2.05, 4.69) is 76.2 Å². The summed E-state index contributed by atoms with van der Waals surface area (Å²) in [5, 5.41) is 0. The Balaban J connectivity index is 0.000000408. The van der Waals surface area contributed by atoms with E-state index in [9.17, 15) is 52.7 Å². The number of benzene rings is 4. The third kappa shape index (κ3) is 11.0. The van der Waals surface area contributed by atoms with Crippen molar-refractivity contribution in [3.05, 3.63) is 141 Å². The highest BCUT2D eigenvalue weighted by Crippen LogP contribution is 2.56. The van der Waals surface area contributed by atoms with Crippen LogP contribution in [0.4, 0.5) is 52.7 Å². The fraction of sp³-hybridized carbons (Fsp3) is 0.400. The van der Waals surface area contributed by atoms with Gasteiger partial charge in [0, 0.05) is 0 Å². The summed E-state index contributed by atoms with van der Waals surface area (Å²) in [6, 6.07) is 23.1. The van der Waals surface area contributed by atoms with Gasteiger partial charge in [-0.2, -0.15) is 52.7 Å². The minimum absolute atomic E-state index is 0.104. The molecule has 0 atom stereocenters. The second kappa shape index (κ2) is 17.2. The molecule has 0 spiro atoms. The van der Waals surface area contributed by atoms with Crippen LogP contribution in [0.3, 0.4) is 0 Å². The Kier molecular flexibility index (Phi) is 15.3. The van der Waals surface area contributed by atoms with Gasteiger partial charge in [0.1, 0.15) is 0 Å². The lowest BCUT2D eigenvalue weighted by Crippen LogP contribution is -2.54. The summed E-state index contributed by atoms with van der Waals surface area (Å²) < 4.78 is 154. The molecule has 0 heterocycles. The highest BCUT2D eigenvalue weighted by molar-refractivity contribution is 5.48. The molecule has 0 fully saturated rings. The SMILES string of the molecule is CC(C)(C(F)(F)F)C(F)(F)F.Cc1ccc(C(c2ccc(C)c(C)c2)(C(F)(F)F)C(F)(F)F)cc1C.Cc1ccccc1C.Cc1ccccc1C. The molecule has 0 bridgehead atoms. The largest absolute Gasteiger partial charge is 0.411 e. The van der Waals surface area contributed by atoms with Crippen LogP contribution in [-0.4, -0.2) is 24.7 Å². The Morgan fingerprint density at radius 1 is 0.308 bits per heavy atom. The van der Waals surface area contributed by atoms with Crippen LogP contribution < -0.4 is 0 Å². The number of aryl methyl sites for hydroxylation is 8. The first kappa shape index (κ1) is 46.1. The van der Waals surface area contributed by atoms with Crippen LogP contribution in [0.25, 0.3) is 0 Å². The van der Waals surface area contributed by atoms with Gasteiger partial charge in [-0.05, 0) is 125 Å². The first-order chi connectivity index (χ1) is 23.4. The maximum absolute atomic E-state index is 14.0. The number of hydrogen-bond donors (Lipinski definition) is 0. The minimum Gasteiger partial charge on any atom is -0.170 e. The summed E-state index contributed by atoms with van der Waals surface area (Å²) >= 11 is 0. The molecule has 0 unspecified atom stereocenters. The quantitative estimate of drug-likeness (QED) is 0.179. The molecule has 4 aromatic rings. The first-order valence-electron chi connectivity index (χ1n) is 15.9. The second-order valence-corrected chi connectivity index (χ2v) is 13.1. The monoisotopic (exact) mass is 752 g/mol. The van der Waals surface area contributed by atoms with Gasteiger partial charge in [0.2, 0.25) is 5.41 Å². The summed E-state index contributed by atoms with van der Waals surface area (Å²) in [5.74, 6) is 0. The van der Waals surface area contributed by atoms with E-state index in [1.54, 1.807) is 13.8 Å². The van der Waals surface area contributed by atoms with Gasteiger partial charge in [-0.1, -0.05) is 84.9 Å². The summed E-state index contributed by atoms with van der Waals surface area (Å²) in [4.78, 5) is 0. The highest BCUT2D eigenvalue weighted by Gasteiger charge is 2.72. The summed E-state index contributed by atoms with van der Waals surface area (Å²) in [5.41, 5.74) is -1.86. The van der Waals surface area contributed by atoms with Gasteiger partial charge < -0.3 is 0 Å². The lowest BCUT2D eigenvalue weighted by molar-refractivity contribution is -0.327. The molecule has 0 N–H and O–H groups in total. The van der Waals surface area contributed by atoms with Crippen LogP contribution in [0.1, 0.15) is 69.5 Å². The molecule has 0 aliphatic rings. The lowest BCUT2D eigenvalue weighted by Gasteiger charge is -2.38. The molecule has 0 aliphatic heterocycles. The lowest BCUT2D eigenvalue weighted by atomic mass is 9.71. The van der Waals surface area contributed by atoms with Crippen molar-refractivity contribution in [1.82, 2.24) is 0 Å². The predicted octanol–water partition coefficient (Wildman–Crippen LogP) is 14.1. The van der Waals surface area contributed by atoms with Gasteiger partial charge >= 0.3 is 24.7 Å². The molecule has 0 nitrogen and oxygen atoms in total. The van der Waals surface area contributed by atoms with Crippen molar-refractivity contribution in [2.24, 2.45) is 5.41 Å². The molecule has 0 saturated heterocycles. The maximum atomic E-state index is 14.0. The zero-order chi connectivity index (χ0) is 40.7.